The number of benzene rings is 1. The normalized spacial score (nSPS) is 19.5. The molecule has 1 N–H and O–H groups in total. The van der Waals surface area contributed by atoms with Crippen molar-refractivity contribution >= 4 is 0 Å². The highest BCUT2D eigenvalue weighted by atomic mass is 16.6. The molecule has 1 heterocycles. The van der Waals surface area contributed by atoms with E-state index in [0.717, 1.165) is 24.3 Å². The number of hydrogen-bond acceptors (Lipinski definition) is 4. The monoisotopic (exact) mass is 266 g/mol. The van der Waals surface area contributed by atoms with Crippen LogP contribution < -0.4 is 9.47 Å². The van der Waals surface area contributed by atoms with Crippen LogP contribution in [0.25, 0.3) is 0 Å². The molecule has 0 saturated carbocycles. The van der Waals surface area contributed by atoms with E-state index in [-0.39, 0.29) is 18.1 Å². The van der Waals surface area contributed by atoms with Crippen LogP contribution in [0, 0.1) is 0 Å². The molecule has 1 unspecified atom stereocenters. The lowest BCUT2D eigenvalue weighted by Crippen LogP contribution is -2.25. The van der Waals surface area contributed by atoms with Crippen LogP contribution in [0.4, 0.5) is 0 Å². The zero-order valence-corrected chi connectivity index (χ0v) is 11.8. The molecule has 4 heteroatoms. The number of hydrogen-bond donors (Lipinski definition) is 1. The van der Waals surface area contributed by atoms with Crippen molar-refractivity contribution in [1.82, 2.24) is 0 Å². The predicted octanol–water partition coefficient (Wildman–Crippen LogP) is 2.13. The van der Waals surface area contributed by atoms with E-state index in [0.29, 0.717) is 12.4 Å². The summed E-state index contributed by atoms with van der Waals surface area (Å²) < 4.78 is 16.8. The molecular formula is C15H22O4. The third-order valence-corrected chi connectivity index (χ3v) is 3.50. The SMILES string of the molecule is COc1cccc(C(C)(C)CO)c1OC1CCOC1. The smallest absolute Gasteiger partial charge is 0.165 e. The molecule has 1 saturated heterocycles. The van der Waals surface area contributed by atoms with Gasteiger partial charge in [0.05, 0.1) is 26.9 Å². The molecule has 0 aromatic heterocycles. The van der Waals surface area contributed by atoms with Crippen LogP contribution in [0.2, 0.25) is 0 Å². The minimum Gasteiger partial charge on any atom is -0.493 e. The average molecular weight is 266 g/mol. The summed E-state index contributed by atoms with van der Waals surface area (Å²) in [5.41, 5.74) is 0.588. The summed E-state index contributed by atoms with van der Waals surface area (Å²) in [5.74, 6) is 1.42. The van der Waals surface area contributed by atoms with Crippen LogP contribution in [0.1, 0.15) is 25.8 Å². The second-order valence-corrected chi connectivity index (χ2v) is 5.48. The molecule has 1 aromatic rings. The summed E-state index contributed by atoms with van der Waals surface area (Å²) in [5, 5.41) is 9.58. The maximum Gasteiger partial charge on any atom is 0.165 e. The van der Waals surface area contributed by atoms with E-state index in [4.69, 9.17) is 14.2 Å². The van der Waals surface area contributed by atoms with Gasteiger partial charge in [0.1, 0.15) is 6.10 Å². The molecule has 0 spiro atoms. The summed E-state index contributed by atoms with van der Waals surface area (Å²) in [6.07, 6.45) is 0.946. The molecule has 4 nitrogen and oxygen atoms in total. The van der Waals surface area contributed by atoms with Gasteiger partial charge in [-0.3, -0.25) is 0 Å². The second kappa shape index (κ2) is 5.80. The molecule has 2 rings (SSSR count). The van der Waals surface area contributed by atoms with Gasteiger partial charge >= 0.3 is 0 Å². The highest BCUT2D eigenvalue weighted by Gasteiger charge is 2.28. The minimum absolute atomic E-state index is 0.0533. The molecule has 1 aliphatic heterocycles. The molecule has 1 aliphatic rings. The van der Waals surface area contributed by atoms with E-state index in [1.165, 1.54) is 0 Å². The van der Waals surface area contributed by atoms with Crippen molar-refractivity contribution in [3.63, 3.8) is 0 Å². The molecule has 19 heavy (non-hydrogen) atoms. The predicted molar refractivity (Wildman–Crippen MR) is 73.0 cm³/mol. The quantitative estimate of drug-likeness (QED) is 0.887. The topological polar surface area (TPSA) is 47.9 Å². The van der Waals surface area contributed by atoms with Crippen molar-refractivity contribution in [2.45, 2.75) is 31.8 Å². The third-order valence-electron chi connectivity index (χ3n) is 3.50. The first-order chi connectivity index (χ1) is 9.08. The van der Waals surface area contributed by atoms with E-state index < -0.39 is 0 Å². The first-order valence-electron chi connectivity index (χ1n) is 6.61. The zero-order valence-electron chi connectivity index (χ0n) is 11.8. The Morgan fingerprint density at radius 1 is 1.42 bits per heavy atom. The van der Waals surface area contributed by atoms with Gasteiger partial charge in [0.2, 0.25) is 0 Å². The summed E-state index contributed by atoms with van der Waals surface area (Å²) in [6, 6.07) is 5.77. The Labute approximate surface area is 114 Å². The maximum absolute atomic E-state index is 9.58. The molecule has 106 valence electrons. The summed E-state index contributed by atoms with van der Waals surface area (Å²) in [4.78, 5) is 0. The van der Waals surface area contributed by atoms with E-state index in [1.807, 2.05) is 32.0 Å². The first-order valence-corrected chi connectivity index (χ1v) is 6.61. The Kier molecular flexibility index (Phi) is 4.32. The van der Waals surface area contributed by atoms with Crippen LogP contribution in [-0.2, 0) is 10.2 Å². The fourth-order valence-corrected chi connectivity index (χ4v) is 2.19. The lowest BCUT2D eigenvalue weighted by atomic mass is 9.84. The van der Waals surface area contributed by atoms with Crippen molar-refractivity contribution in [3.05, 3.63) is 23.8 Å². The summed E-state index contributed by atoms with van der Waals surface area (Å²) in [6.45, 7) is 5.37. The van der Waals surface area contributed by atoms with Gasteiger partial charge in [0.25, 0.3) is 0 Å². The van der Waals surface area contributed by atoms with Crippen LogP contribution >= 0.6 is 0 Å². The van der Waals surface area contributed by atoms with Crippen LogP contribution in [-0.4, -0.2) is 38.1 Å². The van der Waals surface area contributed by atoms with Gasteiger partial charge in [0, 0.05) is 17.4 Å². The lowest BCUT2D eigenvalue weighted by Gasteiger charge is -2.27. The Morgan fingerprint density at radius 2 is 2.21 bits per heavy atom. The van der Waals surface area contributed by atoms with Gasteiger partial charge in [-0.1, -0.05) is 26.0 Å². The van der Waals surface area contributed by atoms with Gasteiger partial charge < -0.3 is 19.3 Å². The number of ether oxygens (including phenoxy) is 3. The first kappa shape index (κ1) is 14.2. The van der Waals surface area contributed by atoms with Crippen molar-refractivity contribution < 1.29 is 19.3 Å². The van der Waals surface area contributed by atoms with Crippen LogP contribution in [0.3, 0.4) is 0 Å². The molecule has 0 amide bonds. The second-order valence-electron chi connectivity index (χ2n) is 5.48. The molecule has 0 radical (unpaired) electrons. The molecule has 0 aliphatic carbocycles. The third kappa shape index (κ3) is 3.01. The minimum atomic E-state index is -0.372. The molecular weight excluding hydrogens is 244 g/mol. The van der Waals surface area contributed by atoms with Gasteiger partial charge in [-0.05, 0) is 6.07 Å². The number of aliphatic hydroxyl groups is 1. The van der Waals surface area contributed by atoms with Gasteiger partial charge in [0.15, 0.2) is 11.5 Å². The van der Waals surface area contributed by atoms with E-state index in [2.05, 4.69) is 0 Å². The van der Waals surface area contributed by atoms with Crippen molar-refractivity contribution in [1.29, 1.82) is 0 Å². The Morgan fingerprint density at radius 3 is 2.79 bits per heavy atom. The number of methoxy groups -OCH3 is 1. The van der Waals surface area contributed by atoms with E-state index in [1.54, 1.807) is 7.11 Å². The molecule has 1 atom stereocenters. The van der Waals surface area contributed by atoms with Gasteiger partial charge in [-0.15, -0.1) is 0 Å². The van der Waals surface area contributed by atoms with Gasteiger partial charge in [-0.2, -0.15) is 0 Å². The molecule has 0 bridgehead atoms. The van der Waals surface area contributed by atoms with E-state index in [9.17, 15) is 5.11 Å². The summed E-state index contributed by atoms with van der Waals surface area (Å²) >= 11 is 0. The Balaban J connectivity index is 2.36. The maximum atomic E-state index is 9.58. The Bertz CT molecular complexity index is 422. The van der Waals surface area contributed by atoms with Gasteiger partial charge in [-0.25, -0.2) is 0 Å². The van der Waals surface area contributed by atoms with E-state index >= 15 is 0 Å². The fraction of sp³-hybridized carbons (Fsp3) is 0.600. The number of aliphatic hydroxyl groups excluding tert-OH is 1. The van der Waals surface area contributed by atoms with Crippen LogP contribution in [0.15, 0.2) is 18.2 Å². The lowest BCUT2D eigenvalue weighted by molar-refractivity contribution is 0.135. The van der Waals surface area contributed by atoms with Crippen LogP contribution in [0.5, 0.6) is 11.5 Å². The Hall–Kier alpha value is -1.26. The number of rotatable bonds is 5. The largest absolute Gasteiger partial charge is 0.493 e. The highest BCUT2D eigenvalue weighted by Crippen LogP contribution is 2.39. The zero-order chi connectivity index (χ0) is 13.9. The van der Waals surface area contributed by atoms with Crippen molar-refractivity contribution in [3.8, 4) is 11.5 Å². The fourth-order valence-electron chi connectivity index (χ4n) is 2.19. The standard InChI is InChI=1S/C15H22O4/c1-15(2,10-16)12-5-4-6-13(17-3)14(12)19-11-7-8-18-9-11/h4-6,11,16H,7-10H2,1-3H3. The molecule has 1 aromatic carbocycles. The summed E-state index contributed by atoms with van der Waals surface area (Å²) in [7, 11) is 1.63. The number of para-hydroxylation sites is 1. The van der Waals surface area contributed by atoms with Crippen molar-refractivity contribution in [2.75, 3.05) is 26.9 Å². The molecule has 1 fully saturated rings. The van der Waals surface area contributed by atoms with Crippen molar-refractivity contribution in [2.24, 2.45) is 0 Å². The highest BCUT2D eigenvalue weighted by molar-refractivity contribution is 5.50. The average Bonchev–Trinajstić information content (AvgIpc) is 2.91.